The van der Waals surface area contributed by atoms with Crippen LogP contribution in [0.25, 0.3) is 0 Å². The molecule has 2 rings (SSSR count). The van der Waals surface area contributed by atoms with E-state index >= 15 is 0 Å². The summed E-state index contributed by atoms with van der Waals surface area (Å²) in [5.74, 6) is -0.0568. The number of methoxy groups -OCH3 is 1. The number of fused-ring (bicyclic) bond motifs is 1. The fourth-order valence-electron chi connectivity index (χ4n) is 2.40. The van der Waals surface area contributed by atoms with Crippen molar-refractivity contribution in [2.45, 2.75) is 26.4 Å². The second-order valence-corrected chi connectivity index (χ2v) is 5.48. The molecule has 6 heteroatoms. The first-order valence-electron chi connectivity index (χ1n) is 6.76. The molecule has 0 bridgehead atoms. The molecule has 1 amide bonds. The molecule has 0 fully saturated rings. The summed E-state index contributed by atoms with van der Waals surface area (Å²) in [5, 5.41) is 0. The molecule has 0 atom stereocenters. The largest absolute Gasteiger partial charge is 0.476 e. The molecular formula is C15H20N2O4. The molecule has 0 saturated carbocycles. The van der Waals surface area contributed by atoms with Gasteiger partial charge in [0.25, 0.3) is 5.91 Å². The van der Waals surface area contributed by atoms with E-state index in [0.717, 1.165) is 5.56 Å². The molecule has 0 unspecified atom stereocenters. The molecule has 0 saturated heterocycles. The molecular weight excluding hydrogens is 272 g/mol. The van der Waals surface area contributed by atoms with E-state index in [9.17, 15) is 9.59 Å². The molecule has 6 nitrogen and oxygen atoms in total. The molecule has 0 aromatic heterocycles. The van der Waals surface area contributed by atoms with Crippen molar-refractivity contribution in [3.8, 4) is 5.75 Å². The van der Waals surface area contributed by atoms with Crippen molar-refractivity contribution in [1.82, 2.24) is 0 Å². The van der Waals surface area contributed by atoms with Crippen LogP contribution in [0.5, 0.6) is 5.75 Å². The monoisotopic (exact) mass is 292 g/mol. The molecule has 1 aromatic rings. The summed E-state index contributed by atoms with van der Waals surface area (Å²) < 4.78 is 10.5. The Morgan fingerprint density at radius 3 is 2.67 bits per heavy atom. The van der Waals surface area contributed by atoms with Gasteiger partial charge in [-0.1, -0.05) is 0 Å². The first kappa shape index (κ1) is 15.3. The topological polar surface area (TPSA) is 81.9 Å². The molecule has 21 heavy (non-hydrogen) atoms. The number of anilines is 1. The lowest BCUT2D eigenvalue weighted by Crippen LogP contribution is -2.53. The summed E-state index contributed by atoms with van der Waals surface area (Å²) >= 11 is 0. The number of aryl methyl sites for hydroxylation is 1. The number of benzene rings is 1. The Kier molecular flexibility index (Phi) is 3.91. The minimum atomic E-state index is -0.957. The number of ether oxygens (including phenoxy) is 2. The minimum Gasteiger partial charge on any atom is -0.476 e. The number of carbonyl (C=O) groups excluding carboxylic acids is 2. The van der Waals surface area contributed by atoms with Crippen LogP contribution in [0.2, 0.25) is 0 Å². The van der Waals surface area contributed by atoms with Crippen molar-refractivity contribution in [2.75, 3.05) is 25.1 Å². The number of hydrogen-bond acceptors (Lipinski definition) is 5. The number of amides is 1. The van der Waals surface area contributed by atoms with Crippen molar-refractivity contribution in [1.29, 1.82) is 0 Å². The van der Waals surface area contributed by atoms with Crippen LogP contribution >= 0.6 is 0 Å². The van der Waals surface area contributed by atoms with Crippen LogP contribution in [-0.2, 0) is 9.53 Å². The van der Waals surface area contributed by atoms with Gasteiger partial charge in [0.2, 0.25) is 0 Å². The zero-order valence-electron chi connectivity index (χ0n) is 12.7. The Morgan fingerprint density at radius 1 is 1.43 bits per heavy atom. The number of nitrogens with zero attached hydrogens (tertiary/aromatic N) is 1. The predicted molar refractivity (Wildman–Crippen MR) is 78.6 cm³/mol. The van der Waals surface area contributed by atoms with Gasteiger partial charge in [0.05, 0.1) is 18.4 Å². The van der Waals surface area contributed by atoms with Crippen molar-refractivity contribution in [2.24, 2.45) is 5.73 Å². The zero-order valence-corrected chi connectivity index (χ0v) is 12.7. The maximum atomic E-state index is 12.5. The van der Waals surface area contributed by atoms with Gasteiger partial charge in [0, 0.05) is 13.1 Å². The Morgan fingerprint density at radius 2 is 2.10 bits per heavy atom. The van der Waals surface area contributed by atoms with Crippen LogP contribution in [0.4, 0.5) is 5.69 Å². The number of nitrogens with two attached hydrogens (primary N) is 1. The van der Waals surface area contributed by atoms with Gasteiger partial charge in [-0.2, -0.15) is 0 Å². The minimum absolute atomic E-state index is 0.180. The van der Waals surface area contributed by atoms with Crippen LogP contribution in [0.15, 0.2) is 12.1 Å². The lowest BCUT2D eigenvalue weighted by atomic mass is 10.0. The molecule has 2 N–H and O–H groups in total. The first-order valence-corrected chi connectivity index (χ1v) is 6.76. The van der Waals surface area contributed by atoms with Gasteiger partial charge in [-0.3, -0.25) is 4.79 Å². The number of rotatable bonds is 3. The van der Waals surface area contributed by atoms with Gasteiger partial charge in [-0.25, -0.2) is 4.79 Å². The third-order valence-electron chi connectivity index (χ3n) is 3.48. The van der Waals surface area contributed by atoms with Crippen molar-refractivity contribution in [3.05, 3.63) is 23.3 Å². The zero-order chi connectivity index (χ0) is 15.8. The Hall–Kier alpha value is -2.08. The van der Waals surface area contributed by atoms with Gasteiger partial charge in [-0.05, 0) is 38.5 Å². The van der Waals surface area contributed by atoms with Crippen molar-refractivity contribution < 1.29 is 19.1 Å². The average Bonchev–Trinajstić information content (AvgIpc) is 2.42. The van der Waals surface area contributed by atoms with Crippen LogP contribution in [0.1, 0.15) is 29.8 Å². The van der Waals surface area contributed by atoms with E-state index in [0.29, 0.717) is 30.1 Å². The lowest BCUT2D eigenvalue weighted by molar-refractivity contribution is -0.132. The van der Waals surface area contributed by atoms with E-state index in [-0.39, 0.29) is 5.91 Å². The summed E-state index contributed by atoms with van der Waals surface area (Å²) in [6, 6.07) is 3.37. The predicted octanol–water partition coefficient (Wildman–Crippen LogP) is 1.24. The van der Waals surface area contributed by atoms with Gasteiger partial charge in [-0.15, -0.1) is 0 Å². The maximum absolute atomic E-state index is 12.5. The quantitative estimate of drug-likeness (QED) is 0.848. The number of esters is 1. The molecule has 1 aliphatic rings. The van der Waals surface area contributed by atoms with Crippen LogP contribution < -0.4 is 15.4 Å². The third-order valence-corrected chi connectivity index (χ3v) is 3.48. The Bertz CT molecular complexity index is 596. The van der Waals surface area contributed by atoms with Crippen molar-refractivity contribution in [3.63, 3.8) is 0 Å². The summed E-state index contributed by atoms with van der Waals surface area (Å²) in [7, 11) is 1.32. The second kappa shape index (κ2) is 5.37. The Labute approximate surface area is 123 Å². The van der Waals surface area contributed by atoms with E-state index in [1.54, 1.807) is 37.8 Å². The molecule has 0 aliphatic carbocycles. The highest BCUT2D eigenvalue weighted by atomic mass is 16.5. The number of carbonyl (C=O) groups is 2. The summed E-state index contributed by atoms with van der Waals surface area (Å²) in [6.07, 6.45) is 0. The van der Waals surface area contributed by atoms with Crippen LogP contribution in [-0.4, -0.2) is 37.7 Å². The second-order valence-electron chi connectivity index (χ2n) is 5.48. The summed E-state index contributed by atoms with van der Waals surface area (Å²) in [4.78, 5) is 25.8. The van der Waals surface area contributed by atoms with Gasteiger partial charge in [0.1, 0.15) is 5.75 Å². The summed E-state index contributed by atoms with van der Waals surface area (Å²) in [5.41, 5.74) is 6.34. The standard InChI is InChI=1S/C15H20N2O4/c1-9-7-12-11(8-10(9)13(18)20-4)17(6-5-16)14(19)15(2,3)21-12/h7-8H,5-6,16H2,1-4H3. The first-order chi connectivity index (χ1) is 9.81. The fourth-order valence-corrected chi connectivity index (χ4v) is 2.40. The van der Waals surface area contributed by atoms with E-state index in [1.165, 1.54) is 7.11 Å². The molecule has 1 heterocycles. The molecule has 114 valence electrons. The molecule has 1 aromatic carbocycles. The fraction of sp³-hybridized carbons (Fsp3) is 0.467. The van der Waals surface area contributed by atoms with Gasteiger partial charge < -0.3 is 20.1 Å². The van der Waals surface area contributed by atoms with E-state index in [2.05, 4.69) is 0 Å². The smallest absolute Gasteiger partial charge is 0.338 e. The van der Waals surface area contributed by atoms with Crippen molar-refractivity contribution >= 4 is 17.6 Å². The lowest BCUT2D eigenvalue weighted by Gasteiger charge is -2.39. The molecule has 0 radical (unpaired) electrons. The SMILES string of the molecule is COC(=O)c1cc2c(cc1C)OC(C)(C)C(=O)N2CCN. The molecule has 1 aliphatic heterocycles. The molecule has 0 spiro atoms. The highest BCUT2D eigenvalue weighted by Crippen LogP contribution is 2.39. The normalized spacial score (nSPS) is 16.2. The highest BCUT2D eigenvalue weighted by Gasteiger charge is 2.41. The maximum Gasteiger partial charge on any atom is 0.338 e. The highest BCUT2D eigenvalue weighted by molar-refractivity contribution is 6.04. The summed E-state index contributed by atoms with van der Waals surface area (Å²) in [6.45, 7) is 5.91. The van der Waals surface area contributed by atoms with Crippen LogP contribution in [0, 0.1) is 6.92 Å². The Balaban J connectivity index is 2.59. The van der Waals surface area contributed by atoms with E-state index in [4.69, 9.17) is 15.2 Å². The van der Waals surface area contributed by atoms with E-state index in [1.807, 2.05) is 0 Å². The third kappa shape index (κ3) is 2.58. The van der Waals surface area contributed by atoms with E-state index < -0.39 is 11.6 Å². The van der Waals surface area contributed by atoms with Gasteiger partial charge in [0.15, 0.2) is 5.60 Å². The average molecular weight is 292 g/mol. The van der Waals surface area contributed by atoms with Crippen LogP contribution in [0.3, 0.4) is 0 Å². The van der Waals surface area contributed by atoms with Gasteiger partial charge >= 0.3 is 5.97 Å². The number of hydrogen-bond donors (Lipinski definition) is 1.